The number of esters is 1. The highest BCUT2D eigenvalue weighted by atomic mass is 79.9. The van der Waals surface area contributed by atoms with Crippen molar-refractivity contribution in [2.75, 3.05) is 0 Å². The lowest BCUT2D eigenvalue weighted by molar-refractivity contribution is -0.137. The summed E-state index contributed by atoms with van der Waals surface area (Å²) in [6, 6.07) is 0. The second-order valence-electron chi connectivity index (χ2n) is 3.88. The molecule has 1 aliphatic carbocycles. The van der Waals surface area contributed by atoms with Crippen LogP contribution in [0.25, 0.3) is 0 Å². The normalized spacial score (nSPS) is 19.4. The zero-order chi connectivity index (χ0) is 10.4. The maximum absolute atomic E-state index is 10.8. The van der Waals surface area contributed by atoms with Crippen molar-refractivity contribution < 1.29 is 9.53 Å². The van der Waals surface area contributed by atoms with Crippen molar-refractivity contribution in [3.63, 3.8) is 0 Å². The van der Waals surface area contributed by atoms with Crippen LogP contribution in [-0.2, 0) is 9.53 Å². The molecule has 1 saturated carbocycles. The van der Waals surface area contributed by atoms with Crippen molar-refractivity contribution in [1.29, 1.82) is 0 Å². The molecular formula is C11H17BrO2. The summed E-state index contributed by atoms with van der Waals surface area (Å²) in [5.74, 6) is 1.24. The van der Waals surface area contributed by atoms with Crippen LogP contribution in [0.2, 0.25) is 0 Å². The number of carbonyl (C=O) groups is 1. The SMILES string of the molecule is CC(=O)O/C(=C\Br)CC1CCCCC1. The number of ether oxygens (including phenoxy) is 1. The third-order valence-electron chi connectivity index (χ3n) is 2.61. The first kappa shape index (κ1) is 11.8. The van der Waals surface area contributed by atoms with Gasteiger partial charge in [0.15, 0.2) is 0 Å². The molecule has 1 rings (SSSR count). The van der Waals surface area contributed by atoms with E-state index >= 15 is 0 Å². The maximum atomic E-state index is 10.8. The van der Waals surface area contributed by atoms with Gasteiger partial charge in [0, 0.05) is 18.3 Å². The Kier molecular flexibility index (Phi) is 5.23. The van der Waals surface area contributed by atoms with Crippen LogP contribution in [0.15, 0.2) is 10.7 Å². The molecule has 0 bridgehead atoms. The Hall–Kier alpha value is -0.310. The van der Waals surface area contributed by atoms with Crippen molar-refractivity contribution in [2.24, 2.45) is 5.92 Å². The van der Waals surface area contributed by atoms with Gasteiger partial charge in [-0.15, -0.1) is 0 Å². The summed E-state index contributed by atoms with van der Waals surface area (Å²) in [5.41, 5.74) is 0. The molecule has 3 heteroatoms. The van der Waals surface area contributed by atoms with Gasteiger partial charge in [0.2, 0.25) is 0 Å². The van der Waals surface area contributed by atoms with Crippen molar-refractivity contribution in [3.05, 3.63) is 10.7 Å². The third kappa shape index (κ3) is 4.27. The lowest BCUT2D eigenvalue weighted by Crippen LogP contribution is -2.09. The summed E-state index contributed by atoms with van der Waals surface area (Å²) in [5, 5.41) is 0. The van der Waals surface area contributed by atoms with Gasteiger partial charge in [0.25, 0.3) is 0 Å². The van der Waals surface area contributed by atoms with Crippen LogP contribution in [0.3, 0.4) is 0 Å². The third-order valence-corrected chi connectivity index (χ3v) is 3.12. The summed E-state index contributed by atoms with van der Waals surface area (Å²) < 4.78 is 5.08. The Morgan fingerprint density at radius 3 is 2.57 bits per heavy atom. The largest absolute Gasteiger partial charge is 0.431 e. The first-order chi connectivity index (χ1) is 6.72. The van der Waals surface area contributed by atoms with Gasteiger partial charge in [0.05, 0.1) is 0 Å². The Morgan fingerprint density at radius 2 is 2.07 bits per heavy atom. The second kappa shape index (κ2) is 6.23. The Bertz CT molecular complexity index is 217. The number of carbonyl (C=O) groups excluding carboxylic acids is 1. The molecule has 0 N–H and O–H groups in total. The molecule has 0 spiro atoms. The minimum atomic E-state index is -0.230. The molecule has 0 amide bonds. The lowest BCUT2D eigenvalue weighted by Gasteiger charge is -2.21. The average molecular weight is 261 g/mol. The number of halogens is 1. The molecule has 0 aromatic carbocycles. The number of rotatable bonds is 3. The van der Waals surface area contributed by atoms with E-state index in [2.05, 4.69) is 15.9 Å². The van der Waals surface area contributed by atoms with E-state index in [-0.39, 0.29) is 5.97 Å². The van der Waals surface area contributed by atoms with Crippen molar-refractivity contribution >= 4 is 21.9 Å². The highest BCUT2D eigenvalue weighted by molar-refractivity contribution is 9.11. The van der Waals surface area contributed by atoms with Crippen LogP contribution >= 0.6 is 15.9 Å². The van der Waals surface area contributed by atoms with Gasteiger partial charge in [-0.05, 0) is 5.92 Å². The lowest BCUT2D eigenvalue weighted by atomic mass is 9.87. The summed E-state index contributed by atoms with van der Waals surface area (Å²) >= 11 is 3.23. The van der Waals surface area contributed by atoms with E-state index in [9.17, 15) is 4.79 Å². The molecule has 2 nitrogen and oxygen atoms in total. The monoisotopic (exact) mass is 260 g/mol. The quantitative estimate of drug-likeness (QED) is 0.571. The summed E-state index contributed by atoms with van der Waals surface area (Å²) in [6.45, 7) is 1.44. The van der Waals surface area contributed by atoms with Gasteiger partial charge in [0.1, 0.15) is 5.76 Å². The molecule has 0 atom stereocenters. The predicted octanol–water partition coefficient (Wildman–Crippen LogP) is 3.76. The number of allylic oxidation sites excluding steroid dienone is 1. The van der Waals surface area contributed by atoms with Crippen LogP contribution < -0.4 is 0 Å². The first-order valence-electron chi connectivity index (χ1n) is 5.20. The standard InChI is InChI=1S/C11H17BrO2/c1-9(13)14-11(8-12)7-10-5-3-2-4-6-10/h8,10H,2-7H2,1H3/b11-8-. The van der Waals surface area contributed by atoms with Gasteiger partial charge in [-0.2, -0.15) is 0 Å². The molecule has 0 unspecified atom stereocenters. The molecule has 0 aliphatic heterocycles. The fourth-order valence-electron chi connectivity index (χ4n) is 1.97. The van der Waals surface area contributed by atoms with E-state index in [0.717, 1.165) is 12.2 Å². The number of hydrogen-bond acceptors (Lipinski definition) is 2. The first-order valence-corrected chi connectivity index (χ1v) is 6.11. The molecule has 0 radical (unpaired) electrons. The molecule has 0 aromatic rings. The van der Waals surface area contributed by atoms with Gasteiger partial charge >= 0.3 is 5.97 Å². The maximum Gasteiger partial charge on any atom is 0.307 e. The van der Waals surface area contributed by atoms with Gasteiger partial charge in [-0.3, -0.25) is 4.79 Å². The minimum absolute atomic E-state index is 0.230. The van der Waals surface area contributed by atoms with E-state index in [1.165, 1.54) is 39.0 Å². The Morgan fingerprint density at radius 1 is 1.43 bits per heavy atom. The molecule has 14 heavy (non-hydrogen) atoms. The fourth-order valence-corrected chi connectivity index (χ4v) is 2.25. The fraction of sp³-hybridized carbons (Fsp3) is 0.727. The molecule has 0 saturated heterocycles. The molecule has 0 heterocycles. The van der Waals surface area contributed by atoms with E-state index in [1.807, 2.05) is 0 Å². The molecule has 1 fully saturated rings. The summed E-state index contributed by atoms with van der Waals surface area (Å²) in [6.07, 6.45) is 7.43. The Balaban J connectivity index is 2.35. The molecule has 0 aromatic heterocycles. The van der Waals surface area contributed by atoms with Crippen LogP contribution in [0.1, 0.15) is 45.4 Å². The van der Waals surface area contributed by atoms with Crippen LogP contribution in [0.5, 0.6) is 0 Å². The van der Waals surface area contributed by atoms with E-state index in [1.54, 1.807) is 4.99 Å². The average Bonchev–Trinajstić information content (AvgIpc) is 2.17. The zero-order valence-corrected chi connectivity index (χ0v) is 10.2. The zero-order valence-electron chi connectivity index (χ0n) is 8.59. The van der Waals surface area contributed by atoms with Gasteiger partial charge in [-0.25, -0.2) is 0 Å². The predicted molar refractivity (Wildman–Crippen MR) is 60.0 cm³/mol. The molecular weight excluding hydrogens is 244 g/mol. The highest BCUT2D eigenvalue weighted by Gasteiger charge is 2.16. The second-order valence-corrected chi connectivity index (χ2v) is 4.34. The van der Waals surface area contributed by atoms with Crippen LogP contribution in [0, 0.1) is 5.92 Å². The summed E-state index contributed by atoms with van der Waals surface area (Å²) in [4.78, 5) is 12.5. The minimum Gasteiger partial charge on any atom is -0.431 e. The number of hydrogen-bond donors (Lipinski definition) is 0. The van der Waals surface area contributed by atoms with Crippen LogP contribution in [0.4, 0.5) is 0 Å². The topological polar surface area (TPSA) is 26.3 Å². The summed E-state index contributed by atoms with van der Waals surface area (Å²) in [7, 11) is 0. The van der Waals surface area contributed by atoms with Gasteiger partial charge in [-0.1, -0.05) is 48.0 Å². The van der Waals surface area contributed by atoms with Crippen molar-refractivity contribution in [1.82, 2.24) is 0 Å². The van der Waals surface area contributed by atoms with E-state index in [4.69, 9.17) is 4.74 Å². The van der Waals surface area contributed by atoms with E-state index in [0.29, 0.717) is 5.92 Å². The van der Waals surface area contributed by atoms with Gasteiger partial charge < -0.3 is 4.74 Å². The van der Waals surface area contributed by atoms with Crippen LogP contribution in [-0.4, -0.2) is 5.97 Å². The van der Waals surface area contributed by atoms with Crippen molar-refractivity contribution in [3.8, 4) is 0 Å². The Labute approximate surface area is 93.8 Å². The van der Waals surface area contributed by atoms with Crippen molar-refractivity contribution in [2.45, 2.75) is 45.4 Å². The molecule has 80 valence electrons. The molecule has 1 aliphatic rings. The van der Waals surface area contributed by atoms with E-state index < -0.39 is 0 Å². The highest BCUT2D eigenvalue weighted by Crippen LogP contribution is 2.29. The smallest absolute Gasteiger partial charge is 0.307 e.